The van der Waals surface area contributed by atoms with Gasteiger partial charge in [0.25, 0.3) is 0 Å². The van der Waals surface area contributed by atoms with Crippen LogP contribution in [0.2, 0.25) is 0 Å². The SMILES string of the molecule is COc1ccc(Cc2nnc(CCNCC(C)C)s2)cc1. The highest BCUT2D eigenvalue weighted by Gasteiger charge is 2.05. The molecule has 0 saturated heterocycles. The number of nitrogens with zero attached hydrogens (tertiary/aromatic N) is 2. The number of rotatable bonds is 8. The minimum Gasteiger partial charge on any atom is -0.497 e. The van der Waals surface area contributed by atoms with Crippen LogP contribution in [0.15, 0.2) is 24.3 Å². The van der Waals surface area contributed by atoms with Gasteiger partial charge in [-0.15, -0.1) is 21.5 Å². The van der Waals surface area contributed by atoms with Crippen LogP contribution in [0, 0.1) is 5.92 Å². The molecule has 114 valence electrons. The molecule has 0 unspecified atom stereocenters. The predicted molar refractivity (Wildman–Crippen MR) is 87.1 cm³/mol. The van der Waals surface area contributed by atoms with Crippen molar-refractivity contribution in [3.05, 3.63) is 39.8 Å². The van der Waals surface area contributed by atoms with Gasteiger partial charge in [-0.1, -0.05) is 26.0 Å². The standard InChI is InChI=1S/C16H23N3OS/c1-12(2)11-17-9-8-15-18-19-16(21-15)10-13-4-6-14(20-3)7-5-13/h4-7,12,17H,8-11H2,1-3H3. The molecule has 1 N–H and O–H groups in total. The smallest absolute Gasteiger partial charge is 0.121 e. The molecule has 5 heteroatoms. The number of aromatic nitrogens is 2. The molecule has 0 amide bonds. The largest absolute Gasteiger partial charge is 0.497 e. The molecule has 0 radical (unpaired) electrons. The van der Waals surface area contributed by atoms with E-state index < -0.39 is 0 Å². The van der Waals surface area contributed by atoms with Crippen LogP contribution in [0.4, 0.5) is 0 Å². The van der Waals surface area contributed by atoms with E-state index in [0.29, 0.717) is 5.92 Å². The van der Waals surface area contributed by atoms with Gasteiger partial charge in [0, 0.05) is 19.4 Å². The molecule has 1 aromatic heterocycles. The van der Waals surface area contributed by atoms with Gasteiger partial charge in [0.1, 0.15) is 15.8 Å². The lowest BCUT2D eigenvalue weighted by Gasteiger charge is -2.05. The molecule has 1 aromatic carbocycles. The third kappa shape index (κ3) is 5.44. The summed E-state index contributed by atoms with van der Waals surface area (Å²) in [6, 6.07) is 8.11. The van der Waals surface area contributed by atoms with E-state index in [4.69, 9.17) is 4.74 Å². The molecule has 2 rings (SSSR count). The average molecular weight is 305 g/mol. The van der Waals surface area contributed by atoms with E-state index in [1.165, 1.54) is 5.56 Å². The summed E-state index contributed by atoms with van der Waals surface area (Å²) < 4.78 is 5.16. The minimum atomic E-state index is 0.685. The lowest BCUT2D eigenvalue weighted by Crippen LogP contribution is -2.22. The fraction of sp³-hybridized carbons (Fsp3) is 0.500. The molecular weight excluding hydrogens is 282 g/mol. The zero-order valence-electron chi connectivity index (χ0n) is 12.9. The van der Waals surface area contributed by atoms with Gasteiger partial charge in [-0.05, 0) is 30.2 Å². The van der Waals surface area contributed by atoms with Crippen molar-refractivity contribution in [3.8, 4) is 5.75 Å². The van der Waals surface area contributed by atoms with E-state index in [1.54, 1.807) is 18.4 Å². The number of hydrogen-bond acceptors (Lipinski definition) is 5. The van der Waals surface area contributed by atoms with Gasteiger partial charge in [0.05, 0.1) is 7.11 Å². The Morgan fingerprint density at radius 2 is 1.86 bits per heavy atom. The van der Waals surface area contributed by atoms with Crippen LogP contribution in [0.5, 0.6) is 5.75 Å². The van der Waals surface area contributed by atoms with Crippen LogP contribution in [-0.4, -0.2) is 30.4 Å². The Labute approximate surface area is 130 Å². The van der Waals surface area contributed by atoms with Crippen molar-refractivity contribution in [2.75, 3.05) is 20.2 Å². The molecule has 21 heavy (non-hydrogen) atoms. The van der Waals surface area contributed by atoms with Crippen molar-refractivity contribution in [2.45, 2.75) is 26.7 Å². The summed E-state index contributed by atoms with van der Waals surface area (Å²) in [7, 11) is 1.68. The fourth-order valence-corrected chi connectivity index (χ4v) is 2.84. The van der Waals surface area contributed by atoms with Crippen LogP contribution in [-0.2, 0) is 12.8 Å². The molecule has 0 aliphatic heterocycles. The first-order valence-corrected chi connectivity index (χ1v) is 8.14. The second-order valence-electron chi connectivity index (χ2n) is 5.46. The van der Waals surface area contributed by atoms with E-state index in [2.05, 4.69) is 41.5 Å². The zero-order valence-corrected chi connectivity index (χ0v) is 13.7. The Bertz CT molecular complexity index is 537. The normalized spacial score (nSPS) is 11.0. The Balaban J connectivity index is 1.81. The lowest BCUT2D eigenvalue weighted by atomic mass is 10.1. The molecule has 0 spiro atoms. The highest BCUT2D eigenvalue weighted by Crippen LogP contribution is 2.17. The summed E-state index contributed by atoms with van der Waals surface area (Å²) >= 11 is 1.70. The molecule has 4 nitrogen and oxygen atoms in total. The fourth-order valence-electron chi connectivity index (χ4n) is 1.96. The van der Waals surface area contributed by atoms with Gasteiger partial charge in [-0.3, -0.25) is 0 Å². The van der Waals surface area contributed by atoms with Crippen molar-refractivity contribution in [2.24, 2.45) is 5.92 Å². The number of benzene rings is 1. The molecule has 0 fully saturated rings. The third-order valence-electron chi connectivity index (χ3n) is 3.09. The Morgan fingerprint density at radius 3 is 2.52 bits per heavy atom. The maximum absolute atomic E-state index is 5.16. The second kappa shape index (κ2) is 8.10. The number of nitrogens with one attached hydrogen (secondary N) is 1. The lowest BCUT2D eigenvalue weighted by molar-refractivity contribution is 0.414. The molecule has 0 aliphatic rings. The zero-order chi connectivity index (χ0) is 15.1. The first-order chi connectivity index (χ1) is 10.2. The van der Waals surface area contributed by atoms with Crippen molar-refractivity contribution in [1.29, 1.82) is 0 Å². The molecule has 0 bridgehead atoms. The molecule has 0 aliphatic carbocycles. The maximum Gasteiger partial charge on any atom is 0.121 e. The average Bonchev–Trinajstić information content (AvgIpc) is 2.92. The first kappa shape index (κ1) is 15.9. The van der Waals surface area contributed by atoms with Gasteiger partial charge in [0.15, 0.2) is 0 Å². The molecular formula is C16H23N3OS. The first-order valence-electron chi connectivity index (χ1n) is 7.32. The summed E-state index contributed by atoms with van der Waals surface area (Å²) in [6.45, 7) is 6.45. The van der Waals surface area contributed by atoms with Gasteiger partial charge >= 0.3 is 0 Å². The van der Waals surface area contributed by atoms with E-state index in [9.17, 15) is 0 Å². The van der Waals surface area contributed by atoms with Gasteiger partial charge < -0.3 is 10.1 Å². The number of methoxy groups -OCH3 is 1. The predicted octanol–water partition coefficient (Wildman–Crippen LogP) is 2.93. The molecule has 0 saturated carbocycles. The summed E-state index contributed by atoms with van der Waals surface area (Å²) in [6.07, 6.45) is 1.79. The minimum absolute atomic E-state index is 0.685. The van der Waals surface area contributed by atoms with Crippen molar-refractivity contribution in [1.82, 2.24) is 15.5 Å². The van der Waals surface area contributed by atoms with Crippen molar-refractivity contribution in [3.63, 3.8) is 0 Å². The summed E-state index contributed by atoms with van der Waals surface area (Å²) in [5.74, 6) is 1.57. The van der Waals surface area contributed by atoms with E-state index in [1.807, 2.05) is 12.1 Å². The van der Waals surface area contributed by atoms with E-state index in [-0.39, 0.29) is 0 Å². The van der Waals surface area contributed by atoms with Crippen LogP contribution < -0.4 is 10.1 Å². The Kier molecular flexibility index (Phi) is 6.14. The van der Waals surface area contributed by atoms with Gasteiger partial charge in [0.2, 0.25) is 0 Å². The topological polar surface area (TPSA) is 47.0 Å². The monoisotopic (exact) mass is 305 g/mol. The van der Waals surface area contributed by atoms with Gasteiger partial charge in [-0.2, -0.15) is 0 Å². The Morgan fingerprint density at radius 1 is 1.14 bits per heavy atom. The van der Waals surface area contributed by atoms with Crippen molar-refractivity contribution < 1.29 is 4.74 Å². The van der Waals surface area contributed by atoms with Crippen LogP contribution >= 0.6 is 11.3 Å². The van der Waals surface area contributed by atoms with Crippen LogP contribution in [0.1, 0.15) is 29.4 Å². The maximum atomic E-state index is 5.16. The quantitative estimate of drug-likeness (QED) is 0.762. The molecule has 1 heterocycles. The molecule has 2 aromatic rings. The van der Waals surface area contributed by atoms with E-state index >= 15 is 0 Å². The summed E-state index contributed by atoms with van der Waals surface area (Å²) in [5, 5.41) is 14.1. The highest BCUT2D eigenvalue weighted by molar-refractivity contribution is 7.11. The molecule has 0 atom stereocenters. The van der Waals surface area contributed by atoms with Crippen LogP contribution in [0.3, 0.4) is 0 Å². The summed E-state index contributed by atoms with van der Waals surface area (Å²) in [4.78, 5) is 0. The number of ether oxygens (including phenoxy) is 1. The summed E-state index contributed by atoms with van der Waals surface area (Å²) in [5.41, 5.74) is 1.23. The Hall–Kier alpha value is -1.46. The second-order valence-corrected chi connectivity index (χ2v) is 6.61. The highest BCUT2D eigenvalue weighted by atomic mass is 32.1. The van der Waals surface area contributed by atoms with E-state index in [0.717, 1.165) is 41.7 Å². The third-order valence-corrected chi connectivity index (χ3v) is 4.07. The number of hydrogen-bond donors (Lipinski definition) is 1. The van der Waals surface area contributed by atoms with Gasteiger partial charge in [-0.25, -0.2) is 0 Å². The van der Waals surface area contributed by atoms with Crippen LogP contribution in [0.25, 0.3) is 0 Å². The van der Waals surface area contributed by atoms with Crippen molar-refractivity contribution >= 4 is 11.3 Å².